The van der Waals surface area contributed by atoms with Crippen LogP contribution in [0.2, 0.25) is 0 Å². The van der Waals surface area contributed by atoms with Gasteiger partial charge in [0.15, 0.2) is 0 Å². The molecule has 8 aromatic carbocycles. The second-order valence-corrected chi connectivity index (χ2v) is 52.2. The summed E-state index contributed by atoms with van der Waals surface area (Å²) in [5.74, 6) is -15.6. The van der Waals surface area contributed by atoms with E-state index < -0.39 is 235 Å². The van der Waals surface area contributed by atoms with E-state index >= 15 is 0 Å². The van der Waals surface area contributed by atoms with Crippen molar-refractivity contribution in [1.29, 1.82) is 0 Å². The Balaban J connectivity index is 0.000000448. The highest BCUT2D eigenvalue weighted by molar-refractivity contribution is 14.1. The lowest BCUT2D eigenvalue weighted by molar-refractivity contribution is -0.219. The molecule has 8 aromatic rings. The molecular formula is C79H66F3I12O41S7-7. The lowest BCUT2D eigenvalue weighted by Crippen LogP contribution is -2.44. The number of phenolic OH excluding ortho intramolecular Hbond substituents is 2. The highest BCUT2D eigenvalue weighted by Gasteiger charge is 2.47. The van der Waals surface area contributed by atoms with Crippen LogP contribution in [-0.4, -0.2) is 259 Å². The predicted octanol–water partition coefficient (Wildman–Crippen LogP) is 12.6. The minimum Gasteiger partial charge on any atom is -0.748 e. The van der Waals surface area contributed by atoms with Gasteiger partial charge in [-0.1, -0.05) is 18.2 Å². The average molecular weight is 3480 g/mol. The third-order valence-electron chi connectivity index (χ3n) is 16.3. The van der Waals surface area contributed by atoms with Crippen molar-refractivity contribution in [3.8, 4) is 11.5 Å². The summed E-state index contributed by atoms with van der Waals surface area (Å²) >= 11 is 24.2. The number of aromatic hydroxyl groups is 2. The van der Waals surface area contributed by atoms with Crippen molar-refractivity contribution in [1.82, 2.24) is 0 Å². The zero-order valence-corrected chi connectivity index (χ0v) is 103. The largest absolute Gasteiger partial charge is 0.748 e. The molecule has 3 unspecified atom stereocenters. The molecule has 0 aromatic heterocycles. The van der Waals surface area contributed by atoms with Crippen LogP contribution in [0.25, 0.3) is 0 Å². The Hall–Kier alpha value is -3.49. The van der Waals surface area contributed by atoms with Gasteiger partial charge in [-0.3, -0.25) is 4.79 Å². The maximum absolute atomic E-state index is 13.4. The number of hydrogen-bond donors (Lipinski definition) is 2. The van der Waals surface area contributed by atoms with Crippen molar-refractivity contribution in [3.05, 3.63) is 245 Å². The number of ether oxygens (including phenoxy) is 9. The van der Waals surface area contributed by atoms with Gasteiger partial charge in [0.1, 0.15) is 74.5 Å². The van der Waals surface area contributed by atoms with Crippen molar-refractivity contribution in [2.24, 2.45) is 5.92 Å². The predicted molar refractivity (Wildman–Crippen MR) is 588 cm³/mol. The van der Waals surface area contributed by atoms with Crippen LogP contribution in [0.15, 0.2) is 152 Å². The maximum Gasteiger partial charge on any atom is 0.426 e. The fraction of sp³-hybridized carbons (Fsp3) is 0.278. The van der Waals surface area contributed by atoms with Gasteiger partial charge < -0.3 is 84.7 Å². The van der Waals surface area contributed by atoms with Crippen LogP contribution in [0.3, 0.4) is 0 Å². The van der Waals surface area contributed by atoms with E-state index in [4.69, 9.17) is 9.47 Å². The molecule has 1 saturated carbocycles. The van der Waals surface area contributed by atoms with Crippen LogP contribution in [-0.2, 0) is 118 Å². The van der Waals surface area contributed by atoms with E-state index in [0.717, 1.165) is 34.1 Å². The van der Waals surface area contributed by atoms with Crippen LogP contribution in [0.1, 0.15) is 108 Å². The van der Waals surface area contributed by atoms with E-state index in [1.807, 2.05) is 245 Å². The first-order valence-electron chi connectivity index (χ1n) is 37.8. The molecular weight excluding hydrogens is 3410 g/mol. The number of alkyl halides is 3. The number of benzene rings is 8. The lowest BCUT2D eigenvalue weighted by Gasteiger charge is -2.34. The van der Waals surface area contributed by atoms with Crippen LogP contribution < -0.4 is 0 Å². The van der Waals surface area contributed by atoms with Gasteiger partial charge in [0, 0.05) is 49.3 Å². The smallest absolute Gasteiger partial charge is 0.426 e. The van der Waals surface area contributed by atoms with E-state index in [1.54, 1.807) is 115 Å². The van der Waals surface area contributed by atoms with Crippen molar-refractivity contribution in [2.75, 3.05) is 79.9 Å². The van der Waals surface area contributed by atoms with Gasteiger partial charge in [0.25, 0.3) is 0 Å². The third kappa shape index (κ3) is 56.0. The zero-order chi connectivity index (χ0) is 108. The van der Waals surface area contributed by atoms with Gasteiger partial charge in [-0.25, -0.2) is 97.3 Å². The number of aryl methyl sites for hydroxylation is 1. The molecule has 1 fully saturated rings. The highest BCUT2D eigenvalue weighted by Crippen LogP contribution is 2.36. The van der Waals surface area contributed by atoms with E-state index in [0.29, 0.717) is 36.5 Å². The molecule has 0 saturated heterocycles. The van der Waals surface area contributed by atoms with Crippen LogP contribution >= 0.6 is 271 Å². The summed E-state index contributed by atoms with van der Waals surface area (Å²) < 4.78 is 311. The normalized spacial score (nSPS) is 13.8. The fourth-order valence-electron chi connectivity index (χ4n) is 9.91. The lowest BCUT2D eigenvalue weighted by atomic mass is 9.85. The molecule has 0 heterocycles. The Morgan fingerprint density at radius 3 is 1.07 bits per heavy atom. The second-order valence-electron chi connectivity index (χ2n) is 27.3. The average Bonchev–Trinajstić information content (AvgIpc) is 0.819. The van der Waals surface area contributed by atoms with E-state index in [1.165, 1.54) is 24.3 Å². The molecule has 1 aliphatic carbocycles. The van der Waals surface area contributed by atoms with Gasteiger partial charge in [-0.2, -0.15) is 13.2 Å². The highest BCUT2D eigenvalue weighted by atomic mass is 127. The SMILES string of the molecule is Cc1cc(C(=O)OCCS(=O)(=O)[O-])ccc1I.O=C(OC1CC(OC(=O)c2cc(I)cc(I)c2I)CC(C(=O)OC(CS(=O)(=O)[O-])C(F)(F)F)C1)c1cc(I)cc(I)c1I.O=C(OCCS(=O)(=O)[O-])c1cc(I)ccc1O.O=C(OCCS(=O)(=O)[O-])c1ccc(I)cc1.O=C(OCCS(=O)(=O)[O-])c1ccc(I)cc1O.O=C(OCCS(=O)(=O)[O-])c1cccc(I)c1.O=C(OCCS(=O)(=O)[O-])c1ccccc1I. The summed E-state index contributed by atoms with van der Waals surface area (Å²) in [6.07, 6.45) is -11.3. The number of esters is 9. The summed E-state index contributed by atoms with van der Waals surface area (Å²) in [6, 6.07) is 40.4. The Kier molecular flexibility index (Phi) is 58.4. The molecule has 41 nitrogen and oxygen atoms in total. The molecule has 0 radical (unpaired) electrons. The summed E-state index contributed by atoms with van der Waals surface area (Å²) in [4.78, 5) is 108. The van der Waals surface area contributed by atoms with Crippen LogP contribution in [0.5, 0.6) is 11.5 Å². The van der Waals surface area contributed by atoms with E-state index in [9.17, 15) is 157 Å². The molecule has 782 valence electrons. The minimum absolute atomic E-state index is 0.0614. The number of hydrogen-bond acceptors (Lipinski definition) is 41. The molecule has 2 N–H and O–H groups in total. The fourth-order valence-corrected chi connectivity index (χ4v) is 19.8. The number of halogens is 15. The maximum atomic E-state index is 13.4. The molecule has 0 spiro atoms. The Labute approximate surface area is 973 Å². The van der Waals surface area contributed by atoms with Crippen LogP contribution in [0.4, 0.5) is 13.2 Å². The van der Waals surface area contributed by atoms with Crippen molar-refractivity contribution < 1.29 is 200 Å². The van der Waals surface area contributed by atoms with Gasteiger partial charge in [0.2, 0.25) is 6.10 Å². The van der Waals surface area contributed by atoms with Crippen molar-refractivity contribution in [2.45, 2.75) is 50.7 Å². The number of rotatable bonds is 32. The van der Waals surface area contributed by atoms with Gasteiger partial charge >= 0.3 is 59.9 Å². The summed E-state index contributed by atoms with van der Waals surface area (Å²) in [7, 11) is -31.6. The number of carbonyl (C=O) groups excluding carboxylic acids is 9. The standard InChI is InChI=1S/C24H17F3I6O9S.C10H11IO5S.2C9H9IO6S.3C9H9IO5S/c25-24(26,27)18(8-43(37,38)39)42-21(34)9-1-12(40-22(35)14-3-10(28)5-16(30)19(14)32)7-13(2-9)41-23(36)15-4-11(29)6-17(31)20(15)33;1-7-6-8(2-3-9(7)11)10(12)16-4-5-17(13,14)15;10-6-1-2-8(11)7(5-6)9(12)16-3-4-17(13,14)15;10-6-1-2-7(8(11)5-6)9(12)16-3-4-17(13,14)15;10-8-3-1-7(2-4-8)9(11)15-5-6-16(12,13)14;10-8-3-1-2-7(6-8)9(11)15-4-5-16(12,13)14;10-8-4-2-1-3-7(8)9(11)15-5-6-16(12,13)14/h3-6,9,12-13,18H,1-2,7-8H2,(H,37,38,39);2-3,6H,4-5H2,1H3,(H,13,14,15);2*1-2,5,11H,3-4H2,(H,13,14,15);1-4H,5-6H2,(H,12,13,14);1-3,6H,4-5H2,(H,12,13,14);1-4H,5-6H2,(H,12,13,14)/p-7. The van der Waals surface area contributed by atoms with Gasteiger partial charge in [0.05, 0.1) is 150 Å². The summed E-state index contributed by atoms with van der Waals surface area (Å²) in [5.41, 5.74) is 2.59. The molecule has 1 aliphatic rings. The van der Waals surface area contributed by atoms with Gasteiger partial charge in [-0.15, -0.1) is 0 Å². The first-order valence-corrected chi connectivity index (χ1v) is 61.8. The number of phenols is 2. The first-order chi connectivity index (χ1) is 65.3. The number of carbonyl (C=O) groups is 9. The summed E-state index contributed by atoms with van der Waals surface area (Å²) in [6.45, 7) is -0.898. The molecule has 0 bridgehead atoms. The van der Waals surface area contributed by atoms with E-state index in [2.05, 4.69) is 78.3 Å². The Morgan fingerprint density at radius 2 is 0.683 bits per heavy atom. The van der Waals surface area contributed by atoms with E-state index in [-0.39, 0.29) is 53.0 Å². The molecule has 0 aliphatic heterocycles. The minimum atomic E-state index is -5.41. The quantitative estimate of drug-likeness (QED) is 0.0130. The second kappa shape index (κ2) is 62.5. The first kappa shape index (κ1) is 133. The molecule has 3 atom stereocenters. The topological polar surface area (TPSA) is 678 Å². The molecule has 63 heteroatoms. The summed E-state index contributed by atoms with van der Waals surface area (Å²) in [5, 5.41) is 18.8. The Morgan fingerprint density at radius 1 is 0.331 bits per heavy atom. The zero-order valence-electron chi connectivity index (χ0n) is 70.9. The molecule has 9 rings (SSSR count). The van der Waals surface area contributed by atoms with Crippen LogP contribution in [0, 0.1) is 55.7 Å². The Bertz CT molecular complexity index is 6620. The van der Waals surface area contributed by atoms with Gasteiger partial charge in [-0.05, 0) is 430 Å². The molecule has 142 heavy (non-hydrogen) atoms. The van der Waals surface area contributed by atoms with Crippen molar-refractivity contribution >= 4 is 396 Å². The third-order valence-corrected chi connectivity index (χ3v) is 33.2. The monoisotopic (exact) mass is 3470 g/mol. The molecule has 0 amide bonds. The van der Waals surface area contributed by atoms with Crippen molar-refractivity contribution in [3.63, 3.8) is 0 Å².